The molecule has 172 valence electrons. The predicted octanol–water partition coefficient (Wildman–Crippen LogP) is 0.907. The second kappa shape index (κ2) is 11.1. The van der Waals surface area contributed by atoms with Crippen LogP contribution < -0.4 is 15.4 Å². The number of nitrogens with zero attached hydrogens (tertiary/aromatic N) is 1. The van der Waals surface area contributed by atoms with Crippen molar-refractivity contribution in [3.8, 4) is 5.75 Å². The Kier molecular flexibility index (Phi) is 8.20. The number of rotatable bonds is 8. The SMILES string of the molecule is COc1ccc(CCNC(=O)C(=O)NC[C@@H]2OCCCN2S(=O)(=O)c2ccccc2)cc1. The van der Waals surface area contributed by atoms with Crippen LogP contribution in [0.1, 0.15) is 12.0 Å². The Morgan fingerprint density at radius 1 is 1.06 bits per heavy atom. The molecule has 3 rings (SSSR count). The third-order valence-electron chi connectivity index (χ3n) is 5.01. The van der Waals surface area contributed by atoms with Crippen LogP contribution in [0.2, 0.25) is 0 Å². The van der Waals surface area contributed by atoms with Gasteiger partial charge in [-0.25, -0.2) is 8.42 Å². The average Bonchev–Trinajstić information content (AvgIpc) is 2.83. The molecule has 32 heavy (non-hydrogen) atoms. The average molecular weight is 462 g/mol. The second-order valence-corrected chi connectivity index (χ2v) is 9.06. The highest BCUT2D eigenvalue weighted by Gasteiger charge is 2.34. The van der Waals surface area contributed by atoms with Crippen molar-refractivity contribution in [1.29, 1.82) is 0 Å². The van der Waals surface area contributed by atoms with E-state index in [0.717, 1.165) is 11.3 Å². The summed E-state index contributed by atoms with van der Waals surface area (Å²) >= 11 is 0. The molecule has 2 N–H and O–H groups in total. The first-order chi connectivity index (χ1) is 15.4. The second-order valence-electron chi connectivity index (χ2n) is 7.17. The van der Waals surface area contributed by atoms with Crippen molar-refractivity contribution in [1.82, 2.24) is 14.9 Å². The molecule has 2 aromatic carbocycles. The third-order valence-corrected chi connectivity index (χ3v) is 6.91. The molecule has 1 atom stereocenters. The molecule has 1 heterocycles. The largest absolute Gasteiger partial charge is 0.497 e. The molecular formula is C22H27N3O6S. The molecule has 10 heteroatoms. The molecule has 1 fully saturated rings. The van der Waals surface area contributed by atoms with E-state index in [1.807, 2.05) is 24.3 Å². The minimum Gasteiger partial charge on any atom is -0.497 e. The van der Waals surface area contributed by atoms with Gasteiger partial charge in [-0.2, -0.15) is 4.31 Å². The lowest BCUT2D eigenvalue weighted by molar-refractivity contribution is -0.140. The summed E-state index contributed by atoms with van der Waals surface area (Å²) in [5, 5.41) is 5.03. The van der Waals surface area contributed by atoms with Crippen LogP contribution in [0.5, 0.6) is 5.75 Å². The third kappa shape index (κ3) is 6.06. The van der Waals surface area contributed by atoms with E-state index in [-0.39, 0.29) is 24.5 Å². The van der Waals surface area contributed by atoms with E-state index in [1.165, 1.54) is 16.4 Å². The molecule has 0 radical (unpaired) electrons. The lowest BCUT2D eigenvalue weighted by atomic mass is 10.1. The quantitative estimate of drug-likeness (QED) is 0.565. The van der Waals surface area contributed by atoms with E-state index in [1.54, 1.807) is 25.3 Å². The molecule has 2 amide bonds. The maximum absolute atomic E-state index is 12.9. The van der Waals surface area contributed by atoms with Crippen molar-refractivity contribution in [2.75, 3.05) is 33.4 Å². The molecule has 0 saturated carbocycles. The summed E-state index contributed by atoms with van der Waals surface area (Å²) in [6, 6.07) is 15.4. The fourth-order valence-electron chi connectivity index (χ4n) is 3.28. The van der Waals surface area contributed by atoms with Crippen LogP contribution in [0.3, 0.4) is 0 Å². The topological polar surface area (TPSA) is 114 Å². The van der Waals surface area contributed by atoms with E-state index in [4.69, 9.17) is 9.47 Å². The van der Waals surface area contributed by atoms with Crippen LogP contribution in [0, 0.1) is 0 Å². The lowest BCUT2D eigenvalue weighted by Crippen LogP contribution is -2.53. The fourth-order valence-corrected chi connectivity index (χ4v) is 4.87. The maximum Gasteiger partial charge on any atom is 0.309 e. The van der Waals surface area contributed by atoms with Crippen LogP contribution in [-0.2, 0) is 30.8 Å². The lowest BCUT2D eigenvalue weighted by Gasteiger charge is -2.34. The van der Waals surface area contributed by atoms with Gasteiger partial charge in [-0.3, -0.25) is 9.59 Å². The summed E-state index contributed by atoms with van der Waals surface area (Å²) < 4.78 is 37.8. The first kappa shape index (κ1) is 23.7. The van der Waals surface area contributed by atoms with Crippen molar-refractivity contribution in [2.24, 2.45) is 0 Å². The monoisotopic (exact) mass is 461 g/mol. The van der Waals surface area contributed by atoms with Crippen molar-refractivity contribution in [3.63, 3.8) is 0 Å². The van der Waals surface area contributed by atoms with Gasteiger partial charge in [0.05, 0.1) is 25.2 Å². The highest BCUT2D eigenvalue weighted by molar-refractivity contribution is 7.89. The fraction of sp³-hybridized carbons (Fsp3) is 0.364. The van der Waals surface area contributed by atoms with E-state index in [0.29, 0.717) is 19.4 Å². The Labute approximate surface area is 187 Å². The number of hydrogen-bond acceptors (Lipinski definition) is 6. The standard InChI is InChI=1S/C22H27N3O6S/c1-30-18-10-8-17(9-11-18)12-13-23-21(26)22(27)24-16-20-25(14-5-15-31-20)32(28,29)19-6-3-2-4-7-19/h2-4,6-11,20H,5,12-16H2,1H3,(H,23,26)(H,24,27)/t20-/m0/s1. The first-order valence-corrected chi connectivity index (χ1v) is 11.7. The van der Waals surface area contributed by atoms with E-state index >= 15 is 0 Å². The van der Waals surface area contributed by atoms with E-state index < -0.39 is 28.1 Å². The zero-order chi connectivity index (χ0) is 23.0. The summed E-state index contributed by atoms with van der Waals surface area (Å²) in [4.78, 5) is 24.4. The predicted molar refractivity (Wildman–Crippen MR) is 117 cm³/mol. The number of carbonyl (C=O) groups is 2. The van der Waals surface area contributed by atoms with Gasteiger partial charge in [0, 0.05) is 13.1 Å². The normalized spacial score (nSPS) is 16.8. The Hall–Kier alpha value is -2.95. The van der Waals surface area contributed by atoms with Gasteiger partial charge in [-0.15, -0.1) is 0 Å². The van der Waals surface area contributed by atoms with Gasteiger partial charge >= 0.3 is 11.8 Å². The van der Waals surface area contributed by atoms with Gasteiger partial charge in [0.2, 0.25) is 10.0 Å². The number of hydrogen-bond donors (Lipinski definition) is 2. The number of methoxy groups -OCH3 is 1. The van der Waals surface area contributed by atoms with Crippen LogP contribution in [0.25, 0.3) is 0 Å². The number of benzene rings is 2. The molecule has 0 aromatic heterocycles. The molecular weight excluding hydrogens is 434 g/mol. The minimum atomic E-state index is -3.78. The molecule has 0 spiro atoms. The molecule has 0 bridgehead atoms. The number of sulfonamides is 1. The van der Waals surface area contributed by atoms with Gasteiger partial charge in [0.1, 0.15) is 12.0 Å². The molecule has 2 aromatic rings. The van der Waals surface area contributed by atoms with Crippen molar-refractivity contribution < 1.29 is 27.5 Å². The van der Waals surface area contributed by atoms with Crippen molar-refractivity contribution in [3.05, 3.63) is 60.2 Å². The van der Waals surface area contributed by atoms with Crippen LogP contribution in [0.15, 0.2) is 59.5 Å². The Morgan fingerprint density at radius 3 is 2.44 bits per heavy atom. The first-order valence-electron chi connectivity index (χ1n) is 10.3. The summed E-state index contributed by atoms with van der Waals surface area (Å²) in [7, 11) is -2.20. The van der Waals surface area contributed by atoms with E-state index in [2.05, 4.69) is 10.6 Å². The number of carbonyl (C=O) groups excluding carboxylic acids is 2. The van der Waals surface area contributed by atoms with Crippen LogP contribution in [0.4, 0.5) is 0 Å². The van der Waals surface area contributed by atoms with Crippen LogP contribution in [-0.4, -0.2) is 64.1 Å². The van der Waals surface area contributed by atoms with Gasteiger partial charge < -0.3 is 20.1 Å². The molecule has 0 unspecified atom stereocenters. The van der Waals surface area contributed by atoms with Gasteiger partial charge in [-0.1, -0.05) is 30.3 Å². The van der Waals surface area contributed by atoms with E-state index in [9.17, 15) is 18.0 Å². The zero-order valence-electron chi connectivity index (χ0n) is 17.8. The van der Waals surface area contributed by atoms with Gasteiger partial charge in [0.15, 0.2) is 0 Å². The van der Waals surface area contributed by atoms with Gasteiger partial charge in [0.25, 0.3) is 0 Å². The zero-order valence-corrected chi connectivity index (χ0v) is 18.6. The van der Waals surface area contributed by atoms with Crippen LogP contribution >= 0.6 is 0 Å². The Bertz CT molecular complexity index is 1010. The van der Waals surface area contributed by atoms with Crippen molar-refractivity contribution >= 4 is 21.8 Å². The minimum absolute atomic E-state index is 0.128. The number of nitrogens with one attached hydrogen (secondary N) is 2. The highest BCUT2D eigenvalue weighted by Crippen LogP contribution is 2.21. The Morgan fingerprint density at radius 2 is 1.75 bits per heavy atom. The molecule has 9 nitrogen and oxygen atoms in total. The summed E-state index contributed by atoms with van der Waals surface area (Å²) in [5.74, 6) is -0.886. The molecule has 1 aliphatic heterocycles. The number of ether oxygens (including phenoxy) is 2. The molecule has 1 aliphatic rings. The van der Waals surface area contributed by atoms with Crippen molar-refractivity contribution in [2.45, 2.75) is 24.0 Å². The maximum atomic E-state index is 12.9. The van der Waals surface area contributed by atoms with Gasteiger partial charge in [-0.05, 0) is 42.7 Å². The smallest absolute Gasteiger partial charge is 0.309 e. The highest BCUT2D eigenvalue weighted by atomic mass is 32.2. The summed E-state index contributed by atoms with van der Waals surface area (Å²) in [5.41, 5.74) is 0.990. The summed E-state index contributed by atoms with van der Waals surface area (Å²) in [6.45, 7) is 0.797. The Balaban J connectivity index is 1.50. The molecule has 0 aliphatic carbocycles. The summed E-state index contributed by atoms with van der Waals surface area (Å²) in [6.07, 6.45) is 0.213. The molecule has 1 saturated heterocycles. The number of amides is 2.